The summed E-state index contributed by atoms with van der Waals surface area (Å²) in [6, 6.07) is 16.6. The molecule has 1 heterocycles. The third kappa shape index (κ3) is 5.02. The van der Waals surface area contributed by atoms with Crippen molar-refractivity contribution in [3.05, 3.63) is 84.3 Å². The first kappa shape index (κ1) is 16.9. The highest BCUT2D eigenvalue weighted by Crippen LogP contribution is 2.23. The number of hydrogen-bond donors (Lipinski definition) is 0. The lowest BCUT2D eigenvalue weighted by Gasteiger charge is -2.08. The van der Waals surface area contributed by atoms with Crippen molar-refractivity contribution in [2.45, 2.75) is 5.75 Å². The van der Waals surface area contributed by atoms with Crippen LogP contribution in [0.2, 0.25) is 0 Å². The second kappa shape index (κ2) is 7.31. The molecule has 0 unspecified atom stereocenters. The zero-order valence-electron chi connectivity index (χ0n) is 13.0. The Morgan fingerprint density at radius 1 is 0.880 bits per heavy atom. The van der Waals surface area contributed by atoms with E-state index in [1.54, 1.807) is 36.5 Å². The summed E-state index contributed by atoms with van der Waals surface area (Å²) in [7, 11) is -3.85. The molecule has 7 heteroatoms. The van der Waals surface area contributed by atoms with Crippen molar-refractivity contribution in [3.63, 3.8) is 0 Å². The molecule has 128 valence electrons. The van der Waals surface area contributed by atoms with Crippen LogP contribution in [-0.4, -0.2) is 13.4 Å². The van der Waals surface area contributed by atoms with Gasteiger partial charge in [-0.3, -0.25) is 0 Å². The van der Waals surface area contributed by atoms with E-state index >= 15 is 0 Å². The Balaban J connectivity index is 1.65. The van der Waals surface area contributed by atoms with Gasteiger partial charge in [0.15, 0.2) is 0 Å². The molecule has 0 spiro atoms. The predicted molar refractivity (Wildman–Crippen MR) is 90.4 cm³/mol. The van der Waals surface area contributed by atoms with Crippen molar-refractivity contribution < 1.29 is 21.7 Å². The smallest absolute Gasteiger partial charge is 0.313 e. The highest BCUT2D eigenvalue weighted by Gasteiger charge is 2.14. The molecule has 0 aliphatic carbocycles. The molecule has 0 saturated heterocycles. The van der Waals surface area contributed by atoms with Gasteiger partial charge >= 0.3 is 10.1 Å². The first-order valence-corrected chi connectivity index (χ1v) is 8.93. The van der Waals surface area contributed by atoms with Gasteiger partial charge < -0.3 is 8.92 Å². The van der Waals surface area contributed by atoms with Crippen LogP contribution < -0.4 is 8.92 Å². The maximum Gasteiger partial charge on any atom is 0.313 e. The summed E-state index contributed by atoms with van der Waals surface area (Å²) >= 11 is 0. The topological polar surface area (TPSA) is 65.5 Å². The molecule has 0 saturated carbocycles. The van der Waals surface area contributed by atoms with Crippen LogP contribution in [0.3, 0.4) is 0 Å². The summed E-state index contributed by atoms with van der Waals surface area (Å²) in [5.41, 5.74) is 0.441. The SMILES string of the molecule is O=S(=O)(Cc1ccc(F)cc1)Oc1ccc(Oc2ccccn2)cc1. The van der Waals surface area contributed by atoms with E-state index in [2.05, 4.69) is 4.98 Å². The molecule has 2 aromatic carbocycles. The zero-order chi connectivity index (χ0) is 17.7. The van der Waals surface area contributed by atoms with Crippen molar-refractivity contribution in [1.82, 2.24) is 4.98 Å². The lowest BCUT2D eigenvalue weighted by atomic mass is 10.2. The number of aromatic nitrogens is 1. The molecule has 0 N–H and O–H groups in total. The van der Waals surface area contributed by atoms with Crippen LogP contribution in [0.5, 0.6) is 17.4 Å². The minimum atomic E-state index is -3.85. The summed E-state index contributed by atoms with van der Waals surface area (Å²) in [6.07, 6.45) is 1.61. The van der Waals surface area contributed by atoms with Crippen LogP contribution in [0.4, 0.5) is 4.39 Å². The van der Waals surface area contributed by atoms with E-state index in [4.69, 9.17) is 8.92 Å². The lowest BCUT2D eigenvalue weighted by Crippen LogP contribution is -2.12. The molecular weight excluding hydrogens is 345 g/mol. The van der Waals surface area contributed by atoms with Gasteiger partial charge in [0.05, 0.1) is 0 Å². The molecule has 3 rings (SSSR count). The van der Waals surface area contributed by atoms with Crippen molar-refractivity contribution in [2.24, 2.45) is 0 Å². The molecule has 25 heavy (non-hydrogen) atoms. The third-order valence-corrected chi connectivity index (χ3v) is 4.30. The number of ether oxygens (including phenoxy) is 1. The van der Waals surface area contributed by atoms with Crippen LogP contribution in [0.25, 0.3) is 0 Å². The largest absolute Gasteiger partial charge is 0.439 e. The van der Waals surface area contributed by atoms with Gasteiger partial charge in [-0.15, -0.1) is 0 Å². The van der Waals surface area contributed by atoms with Crippen LogP contribution in [0.15, 0.2) is 72.9 Å². The summed E-state index contributed by atoms with van der Waals surface area (Å²) in [4.78, 5) is 4.03. The summed E-state index contributed by atoms with van der Waals surface area (Å²) in [6.45, 7) is 0. The van der Waals surface area contributed by atoms with Crippen molar-refractivity contribution in [1.29, 1.82) is 0 Å². The second-order valence-corrected chi connectivity index (χ2v) is 6.72. The van der Waals surface area contributed by atoms with Gasteiger partial charge in [0.1, 0.15) is 23.1 Å². The molecule has 0 aliphatic heterocycles. The average molecular weight is 359 g/mol. The Hall–Kier alpha value is -2.93. The van der Waals surface area contributed by atoms with E-state index in [-0.39, 0.29) is 11.5 Å². The number of pyridine rings is 1. The van der Waals surface area contributed by atoms with E-state index in [0.717, 1.165) is 0 Å². The zero-order valence-corrected chi connectivity index (χ0v) is 13.8. The molecule has 5 nitrogen and oxygen atoms in total. The fraction of sp³-hybridized carbons (Fsp3) is 0.0556. The molecule has 1 aromatic heterocycles. The molecule has 0 fully saturated rings. The Morgan fingerprint density at radius 2 is 1.56 bits per heavy atom. The van der Waals surface area contributed by atoms with Gasteiger partial charge in [0, 0.05) is 12.3 Å². The number of rotatable bonds is 6. The van der Waals surface area contributed by atoms with Crippen molar-refractivity contribution in [3.8, 4) is 17.4 Å². The van der Waals surface area contributed by atoms with Crippen LogP contribution in [0, 0.1) is 5.82 Å². The fourth-order valence-electron chi connectivity index (χ4n) is 2.05. The van der Waals surface area contributed by atoms with Gasteiger partial charge in [-0.25, -0.2) is 9.37 Å². The van der Waals surface area contributed by atoms with Gasteiger partial charge in [0.2, 0.25) is 5.88 Å². The Labute approximate surface area is 144 Å². The lowest BCUT2D eigenvalue weighted by molar-refractivity contribution is 0.459. The molecule has 3 aromatic rings. The van der Waals surface area contributed by atoms with E-state index < -0.39 is 15.9 Å². The average Bonchev–Trinajstić information content (AvgIpc) is 2.59. The summed E-state index contributed by atoms with van der Waals surface area (Å²) < 4.78 is 47.6. The standard InChI is InChI=1S/C18H14FNO4S/c19-15-6-4-14(5-7-15)13-25(21,22)24-17-10-8-16(9-11-17)23-18-3-1-2-12-20-18/h1-12H,13H2. The fourth-order valence-corrected chi connectivity index (χ4v) is 3.12. The van der Waals surface area contributed by atoms with Gasteiger partial charge in [0.25, 0.3) is 0 Å². The highest BCUT2D eigenvalue weighted by atomic mass is 32.2. The van der Waals surface area contributed by atoms with Crippen LogP contribution in [0.1, 0.15) is 5.56 Å². The molecule has 0 atom stereocenters. The van der Waals surface area contributed by atoms with Gasteiger partial charge in [-0.05, 0) is 48.0 Å². The first-order chi connectivity index (χ1) is 12.0. The molecule has 0 aliphatic rings. The van der Waals surface area contributed by atoms with Crippen molar-refractivity contribution >= 4 is 10.1 Å². The first-order valence-electron chi connectivity index (χ1n) is 7.36. The van der Waals surface area contributed by atoms with Crippen LogP contribution >= 0.6 is 0 Å². The van der Waals surface area contributed by atoms with Gasteiger partial charge in [-0.1, -0.05) is 18.2 Å². The normalized spacial score (nSPS) is 11.1. The monoisotopic (exact) mass is 359 g/mol. The Morgan fingerprint density at radius 3 is 2.20 bits per heavy atom. The molecular formula is C18H14FNO4S. The maximum absolute atomic E-state index is 12.9. The molecule has 0 bridgehead atoms. The number of halogens is 1. The van der Waals surface area contributed by atoms with E-state index in [9.17, 15) is 12.8 Å². The Kier molecular flexibility index (Phi) is 4.95. The van der Waals surface area contributed by atoms with E-state index in [0.29, 0.717) is 17.2 Å². The Bertz CT molecular complexity index is 927. The maximum atomic E-state index is 12.9. The van der Waals surface area contributed by atoms with E-state index in [1.807, 2.05) is 0 Å². The highest BCUT2D eigenvalue weighted by molar-refractivity contribution is 7.86. The summed E-state index contributed by atoms with van der Waals surface area (Å²) in [5, 5.41) is 0. The van der Waals surface area contributed by atoms with E-state index in [1.165, 1.54) is 36.4 Å². The third-order valence-electron chi connectivity index (χ3n) is 3.16. The quantitative estimate of drug-likeness (QED) is 0.624. The second-order valence-electron chi connectivity index (χ2n) is 5.15. The van der Waals surface area contributed by atoms with Gasteiger partial charge in [-0.2, -0.15) is 8.42 Å². The number of nitrogens with zero attached hydrogens (tertiary/aromatic N) is 1. The molecule has 0 amide bonds. The molecule has 0 radical (unpaired) electrons. The number of benzene rings is 2. The minimum absolute atomic E-state index is 0.162. The number of hydrogen-bond acceptors (Lipinski definition) is 5. The van der Waals surface area contributed by atoms with Crippen molar-refractivity contribution in [2.75, 3.05) is 0 Å². The van der Waals surface area contributed by atoms with Crippen LogP contribution in [-0.2, 0) is 15.9 Å². The predicted octanol–water partition coefficient (Wildman–Crippen LogP) is 3.92. The minimum Gasteiger partial charge on any atom is -0.439 e. The summed E-state index contributed by atoms with van der Waals surface area (Å²) in [5.74, 6) is 0.322.